The zero-order valence-electron chi connectivity index (χ0n) is 13.3. The van der Waals surface area contributed by atoms with Crippen molar-refractivity contribution in [3.05, 3.63) is 95.0 Å². The number of rotatable bonds is 3. The maximum atomic E-state index is 6.29. The highest BCUT2D eigenvalue weighted by molar-refractivity contribution is 6.33. The first-order valence-corrected chi connectivity index (χ1v) is 7.88. The number of hydrogen-bond donors (Lipinski definition) is 2. The Hall–Kier alpha value is -2.29. The van der Waals surface area contributed by atoms with Crippen LogP contribution in [0.2, 0.25) is 5.02 Å². The summed E-state index contributed by atoms with van der Waals surface area (Å²) in [6.45, 7) is 2.08. The molecule has 0 aliphatic rings. The smallest absolute Gasteiger partial charge is 0.285 e. The standard InChI is InChI=1S/C20H17ClN2.ClH/c1-15-9-5-7-13-18(15)22-20(16-10-3-2-4-11-16)23-19-14-8-6-12-17(19)21;/h2-14H,1H3,(H,22,23);1H. The minimum absolute atomic E-state index is 0. The van der Waals surface area contributed by atoms with Gasteiger partial charge in [-0.15, -0.1) is 0 Å². The fourth-order valence-corrected chi connectivity index (χ4v) is 2.51. The average Bonchev–Trinajstić information content (AvgIpc) is 2.59. The van der Waals surface area contributed by atoms with Gasteiger partial charge in [-0.1, -0.05) is 60.1 Å². The van der Waals surface area contributed by atoms with Crippen molar-refractivity contribution < 1.29 is 17.4 Å². The van der Waals surface area contributed by atoms with Crippen LogP contribution in [0.3, 0.4) is 0 Å². The molecule has 0 heterocycles. The van der Waals surface area contributed by atoms with Gasteiger partial charge in [0, 0.05) is 0 Å². The van der Waals surface area contributed by atoms with Crippen LogP contribution in [0.25, 0.3) is 0 Å². The monoisotopic (exact) mass is 356 g/mol. The van der Waals surface area contributed by atoms with Gasteiger partial charge in [-0.2, -0.15) is 0 Å². The Balaban J connectivity index is 0.00000208. The van der Waals surface area contributed by atoms with E-state index in [0.717, 1.165) is 22.8 Å². The molecular formula is C20H18Cl2N2. The molecule has 4 heteroatoms. The van der Waals surface area contributed by atoms with Gasteiger partial charge in [-0.3, -0.25) is 0 Å². The molecular weight excluding hydrogens is 339 g/mol. The molecule has 122 valence electrons. The van der Waals surface area contributed by atoms with Gasteiger partial charge in [-0.05, 0) is 42.8 Å². The number of hydrogen-bond acceptors (Lipinski definition) is 0. The predicted molar refractivity (Wildman–Crippen MR) is 97.4 cm³/mol. The van der Waals surface area contributed by atoms with Gasteiger partial charge in [0.15, 0.2) is 0 Å². The van der Waals surface area contributed by atoms with Crippen molar-refractivity contribution in [3.8, 4) is 0 Å². The molecule has 3 aromatic rings. The van der Waals surface area contributed by atoms with Gasteiger partial charge in [-0.25, -0.2) is 10.3 Å². The van der Waals surface area contributed by atoms with E-state index in [9.17, 15) is 0 Å². The molecule has 0 radical (unpaired) electrons. The molecule has 0 atom stereocenters. The fourth-order valence-electron chi connectivity index (χ4n) is 2.33. The van der Waals surface area contributed by atoms with E-state index in [1.807, 2.05) is 54.6 Å². The Morgan fingerprint density at radius 3 is 2.17 bits per heavy atom. The Kier molecular flexibility index (Phi) is 6.42. The van der Waals surface area contributed by atoms with Gasteiger partial charge in [0.1, 0.15) is 11.4 Å². The van der Waals surface area contributed by atoms with Crippen LogP contribution in [0.4, 0.5) is 11.4 Å². The lowest BCUT2D eigenvalue weighted by Gasteiger charge is -2.06. The zero-order chi connectivity index (χ0) is 16.1. The Morgan fingerprint density at radius 1 is 0.833 bits per heavy atom. The summed E-state index contributed by atoms with van der Waals surface area (Å²) in [6.07, 6.45) is 0. The van der Waals surface area contributed by atoms with E-state index in [-0.39, 0.29) is 12.4 Å². The van der Waals surface area contributed by atoms with Crippen molar-refractivity contribution in [2.45, 2.75) is 6.92 Å². The summed E-state index contributed by atoms with van der Waals surface area (Å²) in [7, 11) is 0. The molecule has 0 saturated heterocycles. The summed E-state index contributed by atoms with van der Waals surface area (Å²) in [5.41, 5.74) is 4.18. The van der Waals surface area contributed by atoms with Gasteiger partial charge in [0.2, 0.25) is 0 Å². The van der Waals surface area contributed by atoms with E-state index < -0.39 is 0 Å². The quantitative estimate of drug-likeness (QED) is 0.529. The second kappa shape index (κ2) is 8.53. The SMILES string of the molecule is Cc1ccccc1[NH+]=C(Nc1ccccc1Cl)c1ccccc1.[Cl-]. The van der Waals surface area contributed by atoms with Gasteiger partial charge >= 0.3 is 0 Å². The normalized spacial score (nSPS) is 10.8. The number of anilines is 1. The van der Waals surface area contributed by atoms with Crippen molar-refractivity contribution in [2.24, 2.45) is 0 Å². The molecule has 24 heavy (non-hydrogen) atoms. The molecule has 0 fully saturated rings. The van der Waals surface area contributed by atoms with Gasteiger partial charge in [0.25, 0.3) is 5.84 Å². The third-order valence-electron chi connectivity index (χ3n) is 3.60. The molecule has 2 N–H and O–H groups in total. The number of nitrogens with one attached hydrogen (secondary N) is 2. The third-order valence-corrected chi connectivity index (χ3v) is 3.93. The van der Waals surface area contributed by atoms with Crippen LogP contribution < -0.4 is 22.7 Å². The average molecular weight is 357 g/mol. The lowest BCUT2D eigenvalue weighted by molar-refractivity contribution is -0.353. The maximum absolute atomic E-state index is 6.29. The van der Waals surface area contributed by atoms with E-state index in [1.54, 1.807) is 0 Å². The lowest BCUT2D eigenvalue weighted by atomic mass is 10.1. The Labute approximate surface area is 153 Å². The summed E-state index contributed by atoms with van der Waals surface area (Å²) in [5, 5.41) is 4.10. The van der Waals surface area contributed by atoms with Crippen LogP contribution in [-0.4, -0.2) is 5.84 Å². The van der Waals surface area contributed by atoms with Crippen molar-refractivity contribution in [3.63, 3.8) is 0 Å². The van der Waals surface area contributed by atoms with Crippen LogP contribution in [0.15, 0.2) is 78.9 Å². The van der Waals surface area contributed by atoms with Crippen LogP contribution >= 0.6 is 11.6 Å². The minimum atomic E-state index is 0. The van der Waals surface area contributed by atoms with Crippen molar-refractivity contribution >= 4 is 28.8 Å². The first-order valence-electron chi connectivity index (χ1n) is 7.50. The van der Waals surface area contributed by atoms with Crippen LogP contribution in [0.5, 0.6) is 0 Å². The first kappa shape index (κ1) is 18.1. The van der Waals surface area contributed by atoms with E-state index in [2.05, 4.69) is 41.5 Å². The molecule has 0 aliphatic heterocycles. The molecule has 0 saturated carbocycles. The zero-order valence-corrected chi connectivity index (χ0v) is 14.8. The summed E-state index contributed by atoms with van der Waals surface area (Å²) in [5.74, 6) is 0.896. The van der Waals surface area contributed by atoms with Gasteiger partial charge in [0.05, 0.1) is 10.6 Å². The Bertz CT molecular complexity index is 830. The second-order valence-electron chi connectivity index (χ2n) is 5.29. The number of benzene rings is 3. The summed E-state index contributed by atoms with van der Waals surface area (Å²) in [4.78, 5) is 3.49. The number of aryl methyl sites for hydroxylation is 1. The molecule has 0 unspecified atom stereocenters. The molecule has 0 spiro atoms. The fraction of sp³-hybridized carbons (Fsp3) is 0.0500. The van der Waals surface area contributed by atoms with Gasteiger partial charge < -0.3 is 12.4 Å². The number of para-hydroxylation sites is 2. The van der Waals surface area contributed by atoms with Crippen molar-refractivity contribution in [2.75, 3.05) is 5.32 Å². The minimum Gasteiger partial charge on any atom is -1.00 e. The van der Waals surface area contributed by atoms with Crippen LogP contribution in [0.1, 0.15) is 11.1 Å². The molecule has 3 aromatic carbocycles. The van der Waals surface area contributed by atoms with E-state index in [1.165, 1.54) is 5.56 Å². The summed E-state index contributed by atoms with van der Waals surface area (Å²) >= 11 is 6.29. The molecule has 0 aromatic heterocycles. The highest BCUT2D eigenvalue weighted by atomic mass is 35.5. The molecule has 3 rings (SSSR count). The highest BCUT2D eigenvalue weighted by Crippen LogP contribution is 2.20. The molecule has 0 bridgehead atoms. The van der Waals surface area contributed by atoms with E-state index in [0.29, 0.717) is 5.02 Å². The second-order valence-corrected chi connectivity index (χ2v) is 5.69. The van der Waals surface area contributed by atoms with Crippen LogP contribution in [-0.2, 0) is 0 Å². The predicted octanol–water partition coefficient (Wildman–Crippen LogP) is 0.923. The lowest BCUT2D eigenvalue weighted by Crippen LogP contribution is -3.00. The topological polar surface area (TPSA) is 26.0 Å². The summed E-state index contributed by atoms with van der Waals surface area (Å²) in [6, 6.07) is 26.1. The van der Waals surface area contributed by atoms with E-state index >= 15 is 0 Å². The largest absolute Gasteiger partial charge is 1.00 e. The van der Waals surface area contributed by atoms with Crippen LogP contribution in [0, 0.1) is 6.92 Å². The summed E-state index contributed by atoms with van der Waals surface area (Å²) < 4.78 is 0. The van der Waals surface area contributed by atoms with E-state index in [4.69, 9.17) is 11.6 Å². The molecule has 2 nitrogen and oxygen atoms in total. The maximum Gasteiger partial charge on any atom is 0.285 e. The number of amidine groups is 1. The molecule has 0 aliphatic carbocycles. The van der Waals surface area contributed by atoms with Crippen molar-refractivity contribution in [1.29, 1.82) is 0 Å². The third kappa shape index (κ3) is 4.38. The highest BCUT2D eigenvalue weighted by Gasteiger charge is 2.14. The molecule has 0 amide bonds. The number of halogens is 2. The Morgan fingerprint density at radius 2 is 1.46 bits per heavy atom. The first-order chi connectivity index (χ1) is 11.2. The van der Waals surface area contributed by atoms with Crippen molar-refractivity contribution in [1.82, 2.24) is 0 Å².